The number of anilines is 1. The van der Waals surface area contributed by atoms with Gasteiger partial charge in [-0.3, -0.25) is 4.79 Å². The zero-order valence-electron chi connectivity index (χ0n) is 10.4. The van der Waals surface area contributed by atoms with Crippen molar-refractivity contribution >= 4 is 63.7 Å². The van der Waals surface area contributed by atoms with Crippen molar-refractivity contribution in [3.63, 3.8) is 0 Å². The van der Waals surface area contributed by atoms with E-state index in [1.165, 1.54) is 6.20 Å². The summed E-state index contributed by atoms with van der Waals surface area (Å²) >= 11 is 18.5. The number of nitrogens with one attached hydrogen (secondary N) is 1. The summed E-state index contributed by atoms with van der Waals surface area (Å²) in [6.07, 6.45) is 1.20. The van der Waals surface area contributed by atoms with Crippen LogP contribution in [0, 0.1) is 6.92 Å². The first-order valence-electron chi connectivity index (χ1n) is 5.45. The molecule has 0 saturated heterocycles. The van der Waals surface area contributed by atoms with E-state index >= 15 is 0 Å². The first-order chi connectivity index (χ1) is 9.82. The lowest BCUT2D eigenvalue weighted by Gasteiger charge is -2.08. The molecule has 21 heavy (non-hydrogen) atoms. The summed E-state index contributed by atoms with van der Waals surface area (Å²) in [5.41, 5.74) is 0.705. The largest absolute Gasteiger partial charge is 0.477 e. The molecule has 2 rings (SSSR count). The minimum atomic E-state index is -1.13. The maximum Gasteiger partial charge on any atom is 0.348 e. The number of carbonyl (C=O) groups is 2. The molecule has 5 nitrogen and oxygen atoms in total. The predicted octanol–water partition coefficient (Wildman–Crippen LogP) is 4.36. The van der Waals surface area contributed by atoms with Gasteiger partial charge in [-0.2, -0.15) is 0 Å². The van der Waals surface area contributed by atoms with Crippen LogP contribution in [-0.2, 0) is 0 Å². The number of nitrogens with zero attached hydrogens (tertiary/aromatic N) is 1. The third kappa shape index (κ3) is 3.13. The predicted molar refractivity (Wildman–Crippen MR) is 83.2 cm³/mol. The van der Waals surface area contributed by atoms with E-state index in [4.69, 9.17) is 39.9 Å². The Kier molecular flexibility index (Phi) is 4.73. The Morgan fingerprint density at radius 1 is 1.29 bits per heavy atom. The van der Waals surface area contributed by atoms with Crippen molar-refractivity contribution in [2.45, 2.75) is 6.92 Å². The summed E-state index contributed by atoms with van der Waals surface area (Å²) in [6.45, 7) is 1.68. The molecule has 110 valence electrons. The molecule has 0 unspecified atom stereocenters. The van der Waals surface area contributed by atoms with Gasteiger partial charge in [0.15, 0.2) is 0 Å². The van der Waals surface area contributed by atoms with Crippen molar-refractivity contribution in [1.82, 2.24) is 4.98 Å². The van der Waals surface area contributed by atoms with Gasteiger partial charge in [-0.1, -0.05) is 34.8 Å². The smallest absolute Gasteiger partial charge is 0.348 e. The summed E-state index contributed by atoms with van der Waals surface area (Å²) in [4.78, 5) is 27.1. The van der Waals surface area contributed by atoms with Crippen LogP contribution in [0.3, 0.4) is 0 Å². The summed E-state index contributed by atoms with van der Waals surface area (Å²) in [7, 11) is 0. The van der Waals surface area contributed by atoms with E-state index in [9.17, 15) is 9.59 Å². The Bertz CT molecular complexity index is 746. The van der Waals surface area contributed by atoms with Gasteiger partial charge in [0, 0.05) is 6.20 Å². The molecular weight excluding hydrogens is 359 g/mol. The Morgan fingerprint density at radius 2 is 1.95 bits per heavy atom. The van der Waals surface area contributed by atoms with E-state index in [1.54, 1.807) is 12.3 Å². The third-order valence-corrected chi connectivity index (χ3v) is 4.87. The zero-order chi connectivity index (χ0) is 15.7. The van der Waals surface area contributed by atoms with Crippen LogP contribution >= 0.6 is 46.1 Å². The molecular formula is C12H7Cl3N2O3S. The fourth-order valence-corrected chi connectivity index (χ4v) is 2.94. The van der Waals surface area contributed by atoms with Crippen molar-refractivity contribution < 1.29 is 14.7 Å². The first-order valence-corrected chi connectivity index (χ1v) is 7.46. The second-order valence-electron chi connectivity index (χ2n) is 3.96. The lowest BCUT2D eigenvalue weighted by Crippen LogP contribution is -2.16. The van der Waals surface area contributed by atoms with Crippen LogP contribution in [-0.4, -0.2) is 22.0 Å². The number of carboxylic acids is 1. The molecule has 2 aromatic heterocycles. The fourth-order valence-electron chi connectivity index (χ4n) is 1.53. The van der Waals surface area contributed by atoms with Crippen molar-refractivity contribution in [2.24, 2.45) is 0 Å². The van der Waals surface area contributed by atoms with E-state index in [2.05, 4.69) is 10.3 Å². The Hall–Kier alpha value is -1.34. The number of carbonyl (C=O) groups excluding carboxylic acids is 1. The van der Waals surface area contributed by atoms with E-state index in [1.807, 2.05) is 0 Å². The van der Waals surface area contributed by atoms with E-state index < -0.39 is 11.9 Å². The number of carboxylic acid groups (broad SMARTS) is 1. The average Bonchev–Trinajstić information content (AvgIpc) is 2.78. The van der Waals surface area contributed by atoms with Crippen LogP contribution in [0.2, 0.25) is 15.1 Å². The van der Waals surface area contributed by atoms with E-state index in [0.29, 0.717) is 5.56 Å². The van der Waals surface area contributed by atoms with E-state index in [0.717, 1.165) is 11.3 Å². The van der Waals surface area contributed by atoms with Gasteiger partial charge in [0.05, 0.1) is 20.8 Å². The van der Waals surface area contributed by atoms with Gasteiger partial charge in [0.1, 0.15) is 10.6 Å². The monoisotopic (exact) mass is 364 g/mol. The Balaban J connectivity index is 2.38. The first kappa shape index (κ1) is 16.0. The summed E-state index contributed by atoms with van der Waals surface area (Å²) in [5.74, 6) is -1.79. The SMILES string of the molecule is Cc1csc(C(=O)O)c1NC(=O)c1ncc(Cl)c(Cl)c1Cl. The number of aryl methyl sites for hydroxylation is 1. The molecule has 0 aromatic carbocycles. The maximum atomic E-state index is 12.2. The molecule has 0 aliphatic carbocycles. The van der Waals surface area contributed by atoms with Crippen LogP contribution in [0.5, 0.6) is 0 Å². The van der Waals surface area contributed by atoms with Gasteiger partial charge in [0.2, 0.25) is 0 Å². The summed E-state index contributed by atoms with van der Waals surface area (Å²) in [5, 5.41) is 13.2. The van der Waals surface area contributed by atoms with Gasteiger partial charge in [-0.05, 0) is 17.9 Å². The molecule has 0 aliphatic rings. The molecule has 0 bridgehead atoms. The van der Waals surface area contributed by atoms with Gasteiger partial charge in [-0.25, -0.2) is 9.78 Å². The molecule has 0 atom stereocenters. The van der Waals surface area contributed by atoms with Gasteiger partial charge in [0.25, 0.3) is 5.91 Å². The van der Waals surface area contributed by atoms with Crippen LogP contribution in [0.4, 0.5) is 5.69 Å². The highest BCUT2D eigenvalue weighted by atomic mass is 35.5. The highest BCUT2D eigenvalue weighted by Gasteiger charge is 2.21. The number of thiophene rings is 1. The number of hydrogen-bond donors (Lipinski definition) is 2. The zero-order valence-corrected chi connectivity index (χ0v) is 13.5. The average molecular weight is 366 g/mol. The molecule has 0 saturated carbocycles. The number of hydrogen-bond acceptors (Lipinski definition) is 4. The normalized spacial score (nSPS) is 10.5. The molecule has 1 amide bonds. The van der Waals surface area contributed by atoms with Gasteiger partial charge >= 0.3 is 5.97 Å². The van der Waals surface area contributed by atoms with Crippen molar-refractivity contribution in [3.05, 3.63) is 42.8 Å². The second-order valence-corrected chi connectivity index (χ2v) is 6.01. The van der Waals surface area contributed by atoms with E-state index in [-0.39, 0.29) is 31.3 Å². The number of aromatic carboxylic acids is 1. The summed E-state index contributed by atoms with van der Waals surface area (Å²) < 4.78 is 0. The quantitative estimate of drug-likeness (QED) is 0.847. The fraction of sp³-hybridized carbons (Fsp3) is 0.0833. The molecule has 2 heterocycles. The van der Waals surface area contributed by atoms with Crippen molar-refractivity contribution in [3.8, 4) is 0 Å². The molecule has 0 fully saturated rings. The maximum absolute atomic E-state index is 12.2. The molecule has 0 spiro atoms. The van der Waals surface area contributed by atoms with Gasteiger partial charge < -0.3 is 10.4 Å². The standard InChI is InChI=1S/C12H7Cl3N2O3S/c1-4-3-21-10(12(19)20)8(4)17-11(18)9-7(15)6(14)5(13)2-16-9/h2-3H,1H3,(H,17,18)(H,19,20). The lowest BCUT2D eigenvalue weighted by atomic mass is 10.2. The van der Waals surface area contributed by atoms with Gasteiger partial charge in [-0.15, -0.1) is 11.3 Å². The Labute approximate surface area is 138 Å². The van der Waals surface area contributed by atoms with Crippen LogP contribution < -0.4 is 5.32 Å². The third-order valence-electron chi connectivity index (χ3n) is 2.54. The molecule has 2 aromatic rings. The lowest BCUT2D eigenvalue weighted by molar-refractivity contribution is 0.0703. The number of rotatable bonds is 3. The highest BCUT2D eigenvalue weighted by molar-refractivity contribution is 7.12. The van der Waals surface area contributed by atoms with Crippen LogP contribution in [0.1, 0.15) is 25.7 Å². The minimum absolute atomic E-state index is 0.0129. The molecule has 0 radical (unpaired) electrons. The summed E-state index contributed by atoms with van der Waals surface area (Å²) in [6, 6.07) is 0. The van der Waals surface area contributed by atoms with Crippen LogP contribution in [0.15, 0.2) is 11.6 Å². The van der Waals surface area contributed by atoms with Crippen molar-refractivity contribution in [1.29, 1.82) is 0 Å². The molecule has 2 N–H and O–H groups in total. The highest BCUT2D eigenvalue weighted by Crippen LogP contribution is 2.32. The number of aromatic nitrogens is 1. The minimum Gasteiger partial charge on any atom is -0.477 e. The second kappa shape index (κ2) is 6.19. The number of amides is 1. The van der Waals surface area contributed by atoms with Crippen molar-refractivity contribution in [2.75, 3.05) is 5.32 Å². The Morgan fingerprint density at radius 3 is 2.57 bits per heavy atom. The molecule has 0 aliphatic heterocycles. The van der Waals surface area contributed by atoms with Crippen LogP contribution in [0.25, 0.3) is 0 Å². The number of pyridine rings is 1. The molecule has 9 heteroatoms. The number of halogens is 3. The topological polar surface area (TPSA) is 79.3 Å².